The Labute approximate surface area is 150 Å². The van der Waals surface area contributed by atoms with Gasteiger partial charge >= 0.3 is 0 Å². The Balaban J connectivity index is 1.53. The lowest BCUT2D eigenvalue weighted by Crippen LogP contribution is -2.42. The highest BCUT2D eigenvalue weighted by atomic mass is 16.5. The van der Waals surface area contributed by atoms with Crippen LogP contribution in [0.3, 0.4) is 0 Å². The molecule has 1 aromatic carbocycles. The molecule has 0 N–H and O–H groups in total. The molecule has 3 heterocycles. The Hall–Kier alpha value is -3.00. The second-order valence-electron chi connectivity index (χ2n) is 6.16. The number of carbonyl (C=O) groups excluding carboxylic acids is 1. The van der Waals surface area contributed by atoms with Gasteiger partial charge in [0.05, 0.1) is 25.8 Å². The highest BCUT2D eigenvalue weighted by molar-refractivity contribution is 5.96. The number of rotatable bonds is 3. The van der Waals surface area contributed by atoms with Crippen molar-refractivity contribution in [2.75, 3.05) is 26.8 Å². The minimum atomic E-state index is -0.160. The first-order chi connectivity index (χ1) is 12.7. The predicted octanol–water partition coefficient (Wildman–Crippen LogP) is 1.59. The highest BCUT2D eigenvalue weighted by Gasteiger charge is 2.26. The van der Waals surface area contributed by atoms with Gasteiger partial charge in [-0.3, -0.25) is 4.79 Å². The molecule has 1 fully saturated rings. The van der Waals surface area contributed by atoms with E-state index in [9.17, 15) is 4.79 Å². The summed E-state index contributed by atoms with van der Waals surface area (Å²) >= 11 is 0. The SMILES string of the molecule is COc1ccc(C2CN(C(=O)c3cnc4c(c3)nnn4C)CCO2)cc1. The standard InChI is InChI=1S/C18H19N5O3/c1-22-17-15(20-21-22)9-13(10-19-17)18(24)23-7-8-26-16(11-23)12-3-5-14(25-2)6-4-12/h3-6,9-10,16H,7-8,11H2,1-2H3. The fraction of sp³-hybridized carbons (Fsp3) is 0.333. The van der Waals surface area contributed by atoms with Gasteiger partial charge in [-0.25, -0.2) is 9.67 Å². The number of nitrogens with zero attached hydrogens (tertiary/aromatic N) is 5. The van der Waals surface area contributed by atoms with Gasteiger partial charge in [0.15, 0.2) is 5.65 Å². The van der Waals surface area contributed by atoms with Crippen LogP contribution >= 0.6 is 0 Å². The van der Waals surface area contributed by atoms with Crippen molar-refractivity contribution >= 4 is 17.1 Å². The van der Waals surface area contributed by atoms with Crippen LogP contribution in [0.4, 0.5) is 0 Å². The van der Waals surface area contributed by atoms with E-state index in [0.717, 1.165) is 11.3 Å². The second kappa shape index (κ2) is 6.72. The summed E-state index contributed by atoms with van der Waals surface area (Å²) in [5, 5.41) is 7.95. The van der Waals surface area contributed by atoms with E-state index in [-0.39, 0.29) is 12.0 Å². The van der Waals surface area contributed by atoms with Crippen molar-refractivity contribution in [2.24, 2.45) is 7.05 Å². The number of hydrogen-bond acceptors (Lipinski definition) is 6. The number of amides is 1. The monoisotopic (exact) mass is 353 g/mol. The third-order valence-electron chi connectivity index (χ3n) is 4.53. The van der Waals surface area contributed by atoms with Crippen molar-refractivity contribution in [1.82, 2.24) is 24.9 Å². The predicted molar refractivity (Wildman–Crippen MR) is 93.9 cm³/mol. The van der Waals surface area contributed by atoms with Crippen molar-refractivity contribution in [3.05, 3.63) is 47.7 Å². The molecule has 0 spiro atoms. The molecule has 1 aliphatic rings. The summed E-state index contributed by atoms with van der Waals surface area (Å²) in [7, 11) is 3.40. The maximum absolute atomic E-state index is 12.9. The Morgan fingerprint density at radius 2 is 2.12 bits per heavy atom. The summed E-state index contributed by atoms with van der Waals surface area (Å²) in [5.41, 5.74) is 2.79. The molecule has 8 heteroatoms. The van der Waals surface area contributed by atoms with Gasteiger partial charge in [0, 0.05) is 19.8 Å². The molecule has 1 aliphatic heterocycles. The third-order valence-corrected chi connectivity index (χ3v) is 4.53. The van der Waals surface area contributed by atoms with Gasteiger partial charge in [-0.05, 0) is 23.8 Å². The Kier molecular flexibility index (Phi) is 4.26. The van der Waals surface area contributed by atoms with E-state index in [4.69, 9.17) is 9.47 Å². The van der Waals surface area contributed by atoms with E-state index in [0.29, 0.717) is 36.4 Å². The van der Waals surface area contributed by atoms with Crippen LogP contribution in [-0.4, -0.2) is 57.6 Å². The Morgan fingerprint density at radius 1 is 1.31 bits per heavy atom. The lowest BCUT2D eigenvalue weighted by molar-refractivity contribution is -0.0228. The fourth-order valence-corrected chi connectivity index (χ4v) is 3.08. The molecule has 0 radical (unpaired) electrons. The zero-order valence-corrected chi connectivity index (χ0v) is 14.6. The molecule has 8 nitrogen and oxygen atoms in total. The zero-order valence-electron chi connectivity index (χ0n) is 14.6. The smallest absolute Gasteiger partial charge is 0.255 e. The van der Waals surface area contributed by atoms with Crippen LogP contribution in [0.25, 0.3) is 11.2 Å². The van der Waals surface area contributed by atoms with E-state index < -0.39 is 0 Å². The number of morpholine rings is 1. The molecule has 4 rings (SSSR count). The Bertz CT molecular complexity index is 938. The molecule has 0 bridgehead atoms. The number of benzene rings is 1. The van der Waals surface area contributed by atoms with Crippen molar-refractivity contribution in [3.8, 4) is 5.75 Å². The van der Waals surface area contributed by atoms with E-state index in [2.05, 4.69) is 15.3 Å². The van der Waals surface area contributed by atoms with Gasteiger partial charge in [-0.15, -0.1) is 5.10 Å². The van der Waals surface area contributed by atoms with E-state index in [1.807, 2.05) is 24.3 Å². The number of hydrogen-bond donors (Lipinski definition) is 0. The van der Waals surface area contributed by atoms with Gasteiger partial charge in [0.2, 0.25) is 0 Å². The molecule has 1 unspecified atom stereocenters. The van der Waals surface area contributed by atoms with Gasteiger partial charge in [0.25, 0.3) is 5.91 Å². The number of ether oxygens (including phenoxy) is 2. The topological polar surface area (TPSA) is 82.4 Å². The lowest BCUT2D eigenvalue weighted by atomic mass is 10.1. The Morgan fingerprint density at radius 3 is 2.88 bits per heavy atom. The molecule has 1 amide bonds. The largest absolute Gasteiger partial charge is 0.497 e. The molecular formula is C18H19N5O3. The summed E-state index contributed by atoms with van der Waals surface area (Å²) in [6, 6.07) is 9.45. The van der Waals surface area contributed by atoms with E-state index in [1.165, 1.54) is 0 Å². The summed E-state index contributed by atoms with van der Waals surface area (Å²) in [5.74, 6) is 0.715. The number of fused-ring (bicyclic) bond motifs is 1. The first-order valence-corrected chi connectivity index (χ1v) is 8.36. The molecule has 0 aliphatic carbocycles. The lowest BCUT2D eigenvalue weighted by Gasteiger charge is -2.33. The zero-order chi connectivity index (χ0) is 18.1. The van der Waals surface area contributed by atoms with Crippen LogP contribution in [0.5, 0.6) is 5.75 Å². The number of aromatic nitrogens is 4. The van der Waals surface area contributed by atoms with E-state index in [1.54, 1.807) is 36.0 Å². The first kappa shape index (κ1) is 16.5. The summed E-state index contributed by atoms with van der Waals surface area (Å²) in [6.07, 6.45) is 1.41. The fourth-order valence-electron chi connectivity index (χ4n) is 3.08. The normalized spacial score (nSPS) is 17.5. The first-order valence-electron chi connectivity index (χ1n) is 8.36. The van der Waals surface area contributed by atoms with Crippen molar-refractivity contribution in [3.63, 3.8) is 0 Å². The van der Waals surface area contributed by atoms with Crippen molar-refractivity contribution in [2.45, 2.75) is 6.10 Å². The van der Waals surface area contributed by atoms with Gasteiger partial charge in [-0.2, -0.15) is 0 Å². The van der Waals surface area contributed by atoms with Gasteiger partial charge in [0.1, 0.15) is 17.4 Å². The molecule has 1 atom stereocenters. The quantitative estimate of drug-likeness (QED) is 0.711. The van der Waals surface area contributed by atoms with Crippen LogP contribution < -0.4 is 4.74 Å². The molecule has 3 aromatic rings. The van der Waals surface area contributed by atoms with E-state index >= 15 is 0 Å². The van der Waals surface area contributed by atoms with Crippen LogP contribution in [-0.2, 0) is 11.8 Å². The highest BCUT2D eigenvalue weighted by Crippen LogP contribution is 2.25. The van der Waals surface area contributed by atoms with Crippen LogP contribution in [0.15, 0.2) is 36.5 Å². The summed E-state index contributed by atoms with van der Waals surface area (Å²) in [4.78, 5) is 19.0. The van der Waals surface area contributed by atoms with Crippen molar-refractivity contribution < 1.29 is 14.3 Å². The number of methoxy groups -OCH3 is 1. The van der Waals surface area contributed by atoms with Gasteiger partial charge < -0.3 is 14.4 Å². The summed E-state index contributed by atoms with van der Waals surface area (Å²) < 4.78 is 12.6. The molecule has 26 heavy (non-hydrogen) atoms. The van der Waals surface area contributed by atoms with Gasteiger partial charge in [-0.1, -0.05) is 17.3 Å². The summed E-state index contributed by atoms with van der Waals surface area (Å²) in [6.45, 7) is 1.52. The average Bonchev–Trinajstić information content (AvgIpc) is 3.08. The van der Waals surface area contributed by atoms with Crippen molar-refractivity contribution in [1.29, 1.82) is 0 Å². The minimum Gasteiger partial charge on any atom is -0.497 e. The molecular weight excluding hydrogens is 334 g/mol. The number of pyridine rings is 1. The van der Waals surface area contributed by atoms with Crippen LogP contribution in [0, 0.1) is 0 Å². The minimum absolute atomic E-state index is 0.0770. The maximum Gasteiger partial charge on any atom is 0.255 e. The molecule has 2 aromatic heterocycles. The van der Waals surface area contributed by atoms with Crippen LogP contribution in [0.1, 0.15) is 22.0 Å². The number of aryl methyl sites for hydroxylation is 1. The van der Waals surface area contributed by atoms with Crippen LogP contribution in [0.2, 0.25) is 0 Å². The molecule has 1 saturated heterocycles. The molecule has 134 valence electrons. The third kappa shape index (κ3) is 2.99. The number of carbonyl (C=O) groups is 1. The maximum atomic E-state index is 12.9. The second-order valence-corrected chi connectivity index (χ2v) is 6.16. The molecule has 0 saturated carbocycles. The average molecular weight is 353 g/mol.